The standard InChI is InChI=1S/C12H25N.FH/c1-3-4-5-6-9-13-10-7-12(2)8-11-13;/h12H,3-11H2,1-2H3;1H. The molecule has 2 heteroatoms. The lowest BCUT2D eigenvalue weighted by atomic mass is 9.99. The van der Waals surface area contributed by atoms with E-state index in [-0.39, 0.29) is 4.70 Å². The highest BCUT2D eigenvalue weighted by atomic mass is 19.0. The number of rotatable bonds is 5. The fourth-order valence-corrected chi connectivity index (χ4v) is 2.05. The smallest absolute Gasteiger partial charge is 0.00162 e. The summed E-state index contributed by atoms with van der Waals surface area (Å²) in [4.78, 5) is 2.65. The van der Waals surface area contributed by atoms with E-state index in [0.29, 0.717) is 0 Å². The van der Waals surface area contributed by atoms with Crippen molar-refractivity contribution in [2.45, 2.75) is 52.4 Å². The average Bonchev–Trinajstić information content (AvgIpc) is 2.15. The predicted octanol–water partition coefficient (Wildman–Crippen LogP) is 3.45. The van der Waals surface area contributed by atoms with Crippen LogP contribution in [-0.2, 0) is 0 Å². The van der Waals surface area contributed by atoms with Crippen LogP contribution in [0.2, 0.25) is 0 Å². The Balaban J connectivity index is 0.00000169. The van der Waals surface area contributed by atoms with Crippen LogP contribution in [0.4, 0.5) is 4.70 Å². The molecule has 0 aromatic rings. The second-order valence-corrected chi connectivity index (χ2v) is 4.58. The molecule has 1 fully saturated rings. The van der Waals surface area contributed by atoms with Gasteiger partial charge in [-0.15, -0.1) is 0 Å². The minimum atomic E-state index is 0. The quantitative estimate of drug-likeness (QED) is 0.619. The highest BCUT2D eigenvalue weighted by molar-refractivity contribution is 4.68. The molecule has 1 rings (SSSR count). The molecule has 0 saturated carbocycles. The Morgan fingerprint density at radius 2 is 1.71 bits per heavy atom. The zero-order valence-corrected chi connectivity index (χ0v) is 9.80. The van der Waals surface area contributed by atoms with Crippen molar-refractivity contribution >= 4 is 0 Å². The van der Waals surface area contributed by atoms with Crippen molar-refractivity contribution < 1.29 is 4.70 Å². The summed E-state index contributed by atoms with van der Waals surface area (Å²) in [5.41, 5.74) is 0. The second kappa shape index (κ2) is 8.22. The van der Waals surface area contributed by atoms with Crippen LogP contribution in [0.1, 0.15) is 52.4 Å². The Bertz CT molecular complexity index is 119. The lowest BCUT2D eigenvalue weighted by molar-refractivity contribution is 0.189. The summed E-state index contributed by atoms with van der Waals surface area (Å²) in [7, 11) is 0. The third kappa shape index (κ3) is 5.58. The van der Waals surface area contributed by atoms with Crippen molar-refractivity contribution in [1.29, 1.82) is 0 Å². The van der Waals surface area contributed by atoms with Crippen molar-refractivity contribution in [3.8, 4) is 0 Å². The average molecular weight is 203 g/mol. The van der Waals surface area contributed by atoms with Gasteiger partial charge in [-0.05, 0) is 44.8 Å². The van der Waals surface area contributed by atoms with Crippen LogP contribution in [0, 0.1) is 5.92 Å². The number of unbranched alkanes of at least 4 members (excludes halogenated alkanes) is 3. The summed E-state index contributed by atoms with van der Waals surface area (Å²) in [5, 5.41) is 0. The zero-order valence-electron chi connectivity index (χ0n) is 9.80. The number of hydrogen-bond acceptors (Lipinski definition) is 1. The molecule has 1 aliphatic rings. The van der Waals surface area contributed by atoms with Gasteiger partial charge in [0.15, 0.2) is 0 Å². The Hall–Kier alpha value is -0.110. The molecule has 0 amide bonds. The van der Waals surface area contributed by atoms with Gasteiger partial charge in [0, 0.05) is 0 Å². The molecule has 14 heavy (non-hydrogen) atoms. The van der Waals surface area contributed by atoms with E-state index in [0.717, 1.165) is 5.92 Å². The molecule has 0 spiro atoms. The Kier molecular flexibility index (Phi) is 8.15. The van der Waals surface area contributed by atoms with Gasteiger partial charge in [0.25, 0.3) is 0 Å². The van der Waals surface area contributed by atoms with Gasteiger partial charge < -0.3 is 4.90 Å². The molecule has 0 unspecified atom stereocenters. The van der Waals surface area contributed by atoms with E-state index in [9.17, 15) is 0 Å². The minimum absolute atomic E-state index is 0. The van der Waals surface area contributed by atoms with Crippen LogP contribution in [0.25, 0.3) is 0 Å². The molecule has 1 aliphatic heterocycles. The Labute approximate surface area is 88.2 Å². The maximum Gasteiger partial charge on any atom is -0.00162 e. The first-order valence-corrected chi connectivity index (χ1v) is 6.05. The Morgan fingerprint density at radius 3 is 2.29 bits per heavy atom. The SMILES string of the molecule is CCCCCCN1CCC(C)CC1.F. The number of halogens is 1. The first kappa shape index (κ1) is 13.9. The fourth-order valence-electron chi connectivity index (χ4n) is 2.05. The van der Waals surface area contributed by atoms with E-state index in [2.05, 4.69) is 18.7 Å². The molecule has 0 atom stereocenters. The molecule has 1 saturated heterocycles. The summed E-state index contributed by atoms with van der Waals surface area (Å²) in [6.07, 6.45) is 8.48. The first-order chi connectivity index (χ1) is 6.33. The van der Waals surface area contributed by atoms with Crippen LogP contribution >= 0.6 is 0 Å². The summed E-state index contributed by atoms with van der Waals surface area (Å²) in [5.74, 6) is 0.979. The molecule has 0 aliphatic carbocycles. The van der Waals surface area contributed by atoms with Crippen molar-refractivity contribution in [3.63, 3.8) is 0 Å². The third-order valence-corrected chi connectivity index (χ3v) is 3.20. The van der Waals surface area contributed by atoms with Gasteiger partial charge in [0.1, 0.15) is 0 Å². The number of hydrogen-bond donors (Lipinski definition) is 0. The van der Waals surface area contributed by atoms with Gasteiger partial charge in [0.2, 0.25) is 0 Å². The molecule has 1 nitrogen and oxygen atoms in total. The highest BCUT2D eigenvalue weighted by Gasteiger charge is 2.14. The van der Waals surface area contributed by atoms with Crippen LogP contribution in [0.15, 0.2) is 0 Å². The minimum Gasteiger partial charge on any atom is -0.303 e. The number of piperidine rings is 1. The van der Waals surface area contributed by atoms with Gasteiger partial charge in [-0.25, -0.2) is 0 Å². The summed E-state index contributed by atoms with van der Waals surface area (Å²) < 4.78 is 0. The fraction of sp³-hybridized carbons (Fsp3) is 1.00. The lowest BCUT2D eigenvalue weighted by Crippen LogP contribution is -2.33. The normalized spacial score (nSPS) is 19.3. The van der Waals surface area contributed by atoms with Crippen molar-refractivity contribution in [2.75, 3.05) is 19.6 Å². The van der Waals surface area contributed by atoms with Gasteiger partial charge in [0.05, 0.1) is 0 Å². The Morgan fingerprint density at radius 1 is 1.07 bits per heavy atom. The first-order valence-electron chi connectivity index (χ1n) is 6.05. The maximum atomic E-state index is 2.65. The highest BCUT2D eigenvalue weighted by Crippen LogP contribution is 2.16. The maximum absolute atomic E-state index is 2.65. The van der Waals surface area contributed by atoms with Gasteiger partial charge in [-0.2, -0.15) is 0 Å². The van der Waals surface area contributed by atoms with E-state index >= 15 is 0 Å². The van der Waals surface area contributed by atoms with Crippen LogP contribution in [0.5, 0.6) is 0 Å². The van der Waals surface area contributed by atoms with E-state index in [4.69, 9.17) is 0 Å². The molecule has 0 radical (unpaired) electrons. The van der Waals surface area contributed by atoms with E-state index in [1.54, 1.807) is 0 Å². The second-order valence-electron chi connectivity index (χ2n) is 4.58. The van der Waals surface area contributed by atoms with Crippen molar-refractivity contribution in [3.05, 3.63) is 0 Å². The van der Waals surface area contributed by atoms with E-state index < -0.39 is 0 Å². The summed E-state index contributed by atoms with van der Waals surface area (Å²) >= 11 is 0. The largest absolute Gasteiger partial charge is 0.303 e. The van der Waals surface area contributed by atoms with Gasteiger partial charge in [-0.3, -0.25) is 4.70 Å². The number of likely N-dealkylation sites (tertiary alicyclic amines) is 1. The monoisotopic (exact) mass is 203 g/mol. The number of nitrogens with zero attached hydrogens (tertiary/aromatic N) is 1. The van der Waals surface area contributed by atoms with Crippen LogP contribution in [0.3, 0.4) is 0 Å². The molecule has 0 aromatic heterocycles. The summed E-state index contributed by atoms with van der Waals surface area (Å²) in [6, 6.07) is 0. The van der Waals surface area contributed by atoms with Crippen LogP contribution < -0.4 is 0 Å². The zero-order chi connectivity index (χ0) is 9.52. The molecule has 1 heterocycles. The van der Waals surface area contributed by atoms with Crippen molar-refractivity contribution in [2.24, 2.45) is 5.92 Å². The van der Waals surface area contributed by atoms with E-state index in [1.807, 2.05) is 0 Å². The molecule has 0 N–H and O–H groups in total. The molecule has 86 valence electrons. The lowest BCUT2D eigenvalue weighted by Gasteiger charge is -2.30. The van der Waals surface area contributed by atoms with Crippen LogP contribution in [-0.4, -0.2) is 24.5 Å². The third-order valence-electron chi connectivity index (χ3n) is 3.20. The summed E-state index contributed by atoms with van der Waals surface area (Å²) in [6.45, 7) is 8.73. The molecule has 0 bridgehead atoms. The molecular weight excluding hydrogens is 177 g/mol. The van der Waals surface area contributed by atoms with Crippen molar-refractivity contribution in [1.82, 2.24) is 4.90 Å². The molecule has 0 aromatic carbocycles. The van der Waals surface area contributed by atoms with Gasteiger partial charge >= 0.3 is 0 Å². The van der Waals surface area contributed by atoms with E-state index in [1.165, 1.54) is 58.2 Å². The predicted molar refractivity (Wildman–Crippen MR) is 61.5 cm³/mol. The molecular formula is C12H26FN. The topological polar surface area (TPSA) is 3.24 Å². The van der Waals surface area contributed by atoms with Gasteiger partial charge in [-0.1, -0.05) is 33.1 Å².